The lowest BCUT2D eigenvalue weighted by Crippen LogP contribution is -2.09. The van der Waals surface area contributed by atoms with Crippen molar-refractivity contribution in [1.82, 2.24) is 9.97 Å². The van der Waals surface area contributed by atoms with Gasteiger partial charge in [-0.3, -0.25) is 0 Å². The van der Waals surface area contributed by atoms with Gasteiger partial charge in [-0.15, -0.1) is 0 Å². The summed E-state index contributed by atoms with van der Waals surface area (Å²) in [5.41, 5.74) is 1.08. The minimum atomic E-state index is 0.362. The quantitative estimate of drug-likeness (QED) is 0.895. The lowest BCUT2D eigenvalue weighted by atomic mass is 10.2. The van der Waals surface area contributed by atoms with Crippen molar-refractivity contribution >= 4 is 21.7 Å². The predicted molar refractivity (Wildman–Crippen MR) is 72.0 cm³/mol. The maximum absolute atomic E-state index is 4.56. The Morgan fingerprint density at radius 2 is 1.94 bits per heavy atom. The van der Waals surface area contributed by atoms with E-state index in [0.717, 1.165) is 41.2 Å². The number of rotatable bonds is 5. The first-order chi connectivity index (χ1) is 7.60. The molecule has 3 nitrogen and oxygen atoms in total. The standard InChI is InChI=1S/C12H20BrN3/c1-5-7-14-12-10(13)9(6-2)15-11(16-12)8(3)4/h8H,5-7H2,1-4H3,(H,14,15,16). The van der Waals surface area contributed by atoms with Gasteiger partial charge in [-0.25, -0.2) is 9.97 Å². The van der Waals surface area contributed by atoms with E-state index in [4.69, 9.17) is 0 Å². The number of anilines is 1. The summed E-state index contributed by atoms with van der Waals surface area (Å²) in [7, 11) is 0. The molecule has 1 rings (SSSR count). The van der Waals surface area contributed by atoms with E-state index in [1.807, 2.05) is 0 Å². The molecule has 0 bridgehead atoms. The highest BCUT2D eigenvalue weighted by molar-refractivity contribution is 9.10. The Bertz CT molecular complexity index is 350. The molecule has 90 valence electrons. The topological polar surface area (TPSA) is 37.8 Å². The summed E-state index contributed by atoms with van der Waals surface area (Å²) in [5.74, 6) is 2.21. The summed E-state index contributed by atoms with van der Waals surface area (Å²) >= 11 is 3.57. The van der Waals surface area contributed by atoms with Gasteiger partial charge in [0.15, 0.2) is 0 Å². The number of halogens is 1. The monoisotopic (exact) mass is 285 g/mol. The van der Waals surface area contributed by atoms with Crippen molar-refractivity contribution < 1.29 is 0 Å². The molecule has 0 atom stereocenters. The van der Waals surface area contributed by atoms with Gasteiger partial charge in [0.1, 0.15) is 11.6 Å². The van der Waals surface area contributed by atoms with Gasteiger partial charge in [0.05, 0.1) is 10.2 Å². The number of aryl methyl sites for hydroxylation is 1. The van der Waals surface area contributed by atoms with E-state index in [-0.39, 0.29) is 0 Å². The molecule has 0 aliphatic carbocycles. The first-order valence-electron chi connectivity index (χ1n) is 5.90. The molecule has 0 aromatic carbocycles. The van der Waals surface area contributed by atoms with Crippen LogP contribution in [0.15, 0.2) is 4.47 Å². The highest BCUT2D eigenvalue weighted by Crippen LogP contribution is 2.26. The Balaban J connectivity index is 3.08. The van der Waals surface area contributed by atoms with E-state index in [2.05, 4.69) is 58.9 Å². The highest BCUT2D eigenvalue weighted by atomic mass is 79.9. The molecule has 0 fully saturated rings. The fourth-order valence-corrected chi connectivity index (χ4v) is 1.96. The van der Waals surface area contributed by atoms with Crippen LogP contribution in [0.25, 0.3) is 0 Å². The summed E-state index contributed by atoms with van der Waals surface area (Å²) in [6.07, 6.45) is 2.01. The smallest absolute Gasteiger partial charge is 0.144 e. The third-order valence-corrected chi connectivity index (χ3v) is 3.16. The lowest BCUT2D eigenvalue weighted by molar-refractivity contribution is 0.755. The molecule has 0 spiro atoms. The molecule has 0 radical (unpaired) electrons. The lowest BCUT2D eigenvalue weighted by Gasteiger charge is -2.13. The van der Waals surface area contributed by atoms with Crippen molar-refractivity contribution in [2.45, 2.75) is 46.5 Å². The molecule has 1 N–H and O–H groups in total. The van der Waals surface area contributed by atoms with Crippen molar-refractivity contribution in [2.24, 2.45) is 0 Å². The van der Waals surface area contributed by atoms with Crippen LogP contribution in [-0.4, -0.2) is 16.5 Å². The van der Waals surface area contributed by atoms with Crippen LogP contribution in [0.1, 0.15) is 51.6 Å². The predicted octanol–water partition coefficient (Wildman–Crippen LogP) is 3.75. The van der Waals surface area contributed by atoms with Crippen LogP contribution in [0.5, 0.6) is 0 Å². The molecule has 0 aliphatic heterocycles. The van der Waals surface area contributed by atoms with Gasteiger partial charge in [-0.05, 0) is 28.8 Å². The SMILES string of the molecule is CCCNc1nc(C(C)C)nc(CC)c1Br. The van der Waals surface area contributed by atoms with Crippen LogP contribution in [0.2, 0.25) is 0 Å². The average molecular weight is 286 g/mol. The highest BCUT2D eigenvalue weighted by Gasteiger charge is 2.12. The number of hydrogen-bond donors (Lipinski definition) is 1. The molecule has 16 heavy (non-hydrogen) atoms. The van der Waals surface area contributed by atoms with Crippen molar-refractivity contribution in [3.05, 3.63) is 16.0 Å². The van der Waals surface area contributed by atoms with E-state index < -0.39 is 0 Å². The largest absolute Gasteiger partial charge is 0.369 e. The maximum atomic E-state index is 4.56. The molecule has 1 aromatic heterocycles. The van der Waals surface area contributed by atoms with Gasteiger partial charge in [-0.2, -0.15) is 0 Å². The summed E-state index contributed by atoms with van der Waals surface area (Å²) < 4.78 is 1.01. The van der Waals surface area contributed by atoms with Crippen molar-refractivity contribution in [2.75, 3.05) is 11.9 Å². The third-order valence-electron chi connectivity index (χ3n) is 2.33. The van der Waals surface area contributed by atoms with Gasteiger partial charge in [0, 0.05) is 12.5 Å². The Morgan fingerprint density at radius 3 is 2.44 bits per heavy atom. The zero-order valence-corrected chi connectivity index (χ0v) is 12.1. The molecule has 0 saturated heterocycles. The van der Waals surface area contributed by atoms with E-state index >= 15 is 0 Å². The molecule has 0 unspecified atom stereocenters. The fraction of sp³-hybridized carbons (Fsp3) is 0.667. The van der Waals surface area contributed by atoms with E-state index in [1.54, 1.807) is 0 Å². The summed E-state index contributed by atoms with van der Waals surface area (Å²) in [4.78, 5) is 9.11. The average Bonchev–Trinajstić information content (AvgIpc) is 2.27. The second-order valence-corrected chi connectivity index (χ2v) is 4.92. The molecular formula is C12H20BrN3. The van der Waals surface area contributed by atoms with Crippen molar-refractivity contribution in [3.8, 4) is 0 Å². The maximum Gasteiger partial charge on any atom is 0.144 e. The van der Waals surface area contributed by atoms with E-state index in [0.29, 0.717) is 5.92 Å². The third kappa shape index (κ3) is 3.17. The molecule has 1 heterocycles. The van der Waals surface area contributed by atoms with Gasteiger partial charge in [0.2, 0.25) is 0 Å². The van der Waals surface area contributed by atoms with Crippen LogP contribution >= 0.6 is 15.9 Å². The van der Waals surface area contributed by atoms with Crippen molar-refractivity contribution in [3.63, 3.8) is 0 Å². The Labute approximate surface area is 106 Å². The van der Waals surface area contributed by atoms with Crippen LogP contribution in [0.4, 0.5) is 5.82 Å². The molecular weight excluding hydrogens is 266 g/mol. The number of nitrogens with one attached hydrogen (secondary N) is 1. The van der Waals surface area contributed by atoms with Gasteiger partial charge >= 0.3 is 0 Å². The van der Waals surface area contributed by atoms with Gasteiger partial charge in [0.25, 0.3) is 0 Å². The minimum absolute atomic E-state index is 0.362. The first-order valence-corrected chi connectivity index (χ1v) is 6.69. The fourth-order valence-electron chi connectivity index (χ4n) is 1.37. The number of hydrogen-bond acceptors (Lipinski definition) is 3. The van der Waals surface area contributed by atoms with E-state index in [1.165, 1.54) is 0 Å². The summed E-state index contributed by atoms with van der Waals surface area (Å²) in [5, 5.41) is 3.33. The zero-order chi connectivity index (χ0) is 12.1. The van der Waals surface area contributed by atoms with E-state index in [9.17, 15) is 0 Å². The molecule has 0 saturated carbocycles. The van der Waals surface area contributed by atoms with Gasteiger partial charge < -0.3 is 5.32 Å². The zero-order valence-electron chi connectivity index (χ0n) is 10.5. The number of aromatic nitrogens is 2. The van der Waals surface area contributed by atoms with Crippen molar-refractivity contribution in [1.29, 1.82) is 0 Å². The van der Waals surface area contributed by atoms with Crippen LogP contribution in [0, 0.1) is 0 Å². The van der Waals surface area contributed by atoms with Crippen LogP contribution < -0.4 is 5.32 Å². The summed E-state index contributed by atoms with van der Waals surface area (Å²) in [6.45, 7) is 9.43. The number of nitrogens with zero attached hydrogens (tertiary/aromatic N) is 2. The van der Waals surface area contributed by atoms with Crippen LogP contribution in [0.3, 0.4) is 0 Å². The molecule has 1 aromatic rings. The first kappa shape index (κ1) is 13.4. The molecule has 0 aliphatic rings. The minimum Gasteiger partial charge on any atom is -0.369 e. The second kappa shape index (κ2) is 6.18. The molecule has 4 heteroatoms. The molecule has 0 amide bonds. The Hall–Kier alpha value is -0.640. The Morgan fingerprint density at radius 1 is 1.25 bits per heavy atom. The normalized spacial score (nSPS) is 10.9. The van der Waals surface area contributed by atoms with Gasteiger partial charge in [-0.1, -0.05) is 27.7 Å². The second-order valence-electron chi connectivity index (χ2n) is 4.13. The Kier molecular flexibility index (Phi) is 5.19. The van der Waals surface area contributed by atoms with Crippen LogP contribution in [-0.2, 0) is 6.42 Å². The summed E-state index contributed by atoms with van der Waals surface area (Å²) in [6, 6.07) is 0.